The average Bonchev–Trinajstić information content (AvgIpc) is 3.35. The Bertz CT molecular complexity index is 1720. The minimum absolute atomic E-state index is 0.185. The standard InChI is InChI=1S/C35H39N3O9/c1-34(2,3)47-33(42)37-29-30(40)27(46-31(29)38-20-19-28(39)36-32(38)41)21-45-35(22-9-7-6-8-10-22,23-11-15-25(43-4)16-12-23)24-13-17-26(44-5)18-14-24/h6-20,27,29-31,40H,21H2,1-5H3,(H,37,42)(H,36,39,41)/t27-,29-,30+,31-/m1/s1. The summed E-state index contributed by atoms with van der Waals surface area (Å²) in [6.07, 6.45) is -3.17. The van der Waals surface area contributed by atoms with Crippen LogP contribution in [0.2, 0.25) is 0 Å². The van der Waals surface area contributed by atoms with Crippen molar-refractivity contribution < 1.29 is 33.6 Å². The van der Waals surface area contributed by atoms with Gasteiger partial charge in [-0.05, 0) is 61.7 Å². The van der Waals surface area contributed by atoms with Crippen molar-refractivity contribution in [3.63, 3.8) is 0 Å². The number of methoxy groups -OCH3 is 2. The lowest BCUT2D eigenvalue weighted by molar-refractivity contribution is -0.0946. The topological polar surface area (TPSA) is 150 Å². The quantitative estimate of drug-likeness (QED) is 0.219. The molecule has 0 saturated carbocycles. The Hall–Kier alpha value is -4.91. The van der Waals surface area contributed by atoms with Gasteiger partial charge in [-0.3, -0.25) is 14.3 Å². The molecule has 12 heteroatoms. The third kappa shape index (κ3) is 7.25. The number of aromatic nitrogens is 2. The maximum atomic E-state index is 12.9. The Morgan fingerprint density at radius 1 is 0.872 bits per heavy atom. The molecule has 5 rings (SSSR count). The lowest BCUT2D eigenvalue weighted by atomic mass is 9.80. The summed E-state index contributed by atoms with van der Waals surface area (Å²) in [6.45, 7) is 4.93. The molecule has 1 aromatic heterocycles. The van der Waals surface area contributed by atoms with Crippen molar-refractivity contribution in [2.45, 2.75) is 56.5 Å². The van der Waals surface area contributed by atoms with Crippen molar-refractivity contribution in [2.24, 2.45) is 0 Å². The van der Waals surface area contributed by atoms with Gasteiger partial charge in [-0.15, -0.1) is 0 Å². The predicted octanol–water partition coefficient (Wildman–Crippen LogP) is 3.71. The van der Waals surface area contributed by atoms with E-state index in [1.807, 2.05) is 78.9 Å². The molecule has 4 atom stereocenters. The van der Waals surface area contributed by atoms with Crippen molar-refractivity contribution in [1.29, 1.82) is 0 Å². The number of benzene rings is 3. The van der Waals surface area contributed by atoms with Crippen LogP contribution < -0.4 is 26.0 Å². The molecule has 0 aliphatic carbocycles. The van der Waals surface area contributed by atoms with Crippen LogP contribution in [0.1, 0.15) is 43.7 Å². The Balaban J connectivity index is 1.56. The zero-order valence-electron chi connectivity index (χ0n) is 26.8. The number of carbonyl (C=O) groups is 1. The van der Waals surface area contributed by atoms with E-state index in [2.05, 4.69) is 10.3 Å². The van der Waals surface area contributed by atoms with Gasteiger partial charge in [0, 0.05) is 12.3 Å². The molecule has 1 aliphatic rings. The predicted molar refractivity (Wildman–Crippen MR) is 173 cm³/mol. The van der Waals surface area contributed by atoms with Crippen LogP contribution in [0, 0.1) is 0 Å². The number of carbonyl (C=O) groups excluding carboxylic acids is 1. The first kappa shape index (κ1) is 33.5. The van der Waals surface area contributed by atoms with Crippen LogP contribution in [0.3, 0.4) is 0 Å². The highest BCUT2D eigenvalue weighted by Crippen LogP contribution is 2.42. The summed E-state index contributed by atoms with van der Waals surface area (Å²) < 4.78 is 30.5. The Morgan fingerprint density at radius 3 is 1.94 bits per heavy atom. The zero-order chi connectivity index (χ0) is 33.8. The van der Waals surface area contributed by atoms with Gasteiger partial charge in [-0.2, -0.15) is 0 Å². The van der Waals surface area contributed by atoms with Crippen LogP contribution in [0.4, 0.5) is 4.79 Å². The highest BCUT2D eigenvalue weighted by Gasteiger charge is 2.48. The van der Waals surface area contributed by atoms with Gasteiger partial charge >= 0.3 is 11.8 Å². The molecule has 1 fully saturated rings. The van der Waals surface area contributed by atoms with Gasteiger partial charge in [0.15, 0.2) is 6.23 Å². The van der Waals surface area contributed by atoms with Crippen LogP contribution in [0.15, 0.2) is 101 Å². The summed E-state index contributed by atoms with van der Waals surface area (Å²) in [6, 6.07) is 24.5. The number of nitrogens with zero attached hydrogens (tertiary/aromatic N) is 1. The van der Waals surface area contributed by atoms with Gasteiger partial charge in [0.2, 0.25) is 0 Å². The summed E-state index contributed by atoms with van der Waals surface area (Å²) in [7, 11) is 3.17. The van der Waals surface area contributed by atoms with E-state index in [1.54, 1.807) is 35.0 Å². The van der Waals surface area contributed by atoms with E-state index in [4.69, 9.17) is 23.7 Å². The van der Waals surface area contributed by atoms with E-state index in [-0.39, 0.29) is 6.61 Å². The van der Waals surface area contributed by atoms with Crippen LogP contribution in [0.5, 0.6) is 11.5 Å². The van der Waals surface area contributed by atoms with E-state index >= 15 is 0 Å². The zero-order valence-corrected chi connectivity index (χ0v) is 26.8. The molecule has 1 aliphatic heterocycles. The van der Waals surface area contributed by atoms with Crippen LogP contribution in [-0.2, 0) is 19.8 Å². The van der Waals surface area contributed by atoms with Gasteiger partial charge in [0.05, 0.1) is 20.8 Å². The number of aliphatic hydroxyl groups is 1. The molecule has 0 unspecified atom stereocenters. The number of amides is 1. The number of aliphatic hydroxyl groups excluding tert-OH is 1. The molecular formula is C35H39N3O9. The number of hydrogen-bond donors (Lipinski definition) is 3. The van der Waals surface area contributed by atoms with E-state index in [0.717, 1.165) is 27.3 Å². The molecular weight excluding hydrogens is 606 g/mol. The van der Waals surface area contributed by atoms with E-state index in [9.17, 15) is 19.5 Å². The number of hydrogen-bond acceptors (Lipinski definition) is 9. The second-order valence-corrected chi connectivity index (χ2v) is 12.1. The fourth-order valence-corrected chi connectivity index (χ4v) is 5.63. The van der Waals surface area contributed by atoms with Crippen molar-refractivity contribution >= 4 is 6.09 Å². The minimum Gasteiger partial charge on any atom is -0.497 e. The van der Waals surface area contributed by atoms with Crippen LogP contribution >= 0.6 is 0 Å². The van der Waals surface area contributed by atoms with Crippen LogP contribution in [-0.4, -0.2) is 65.4 Å². The number of alkyl carbamates (subject to hydrolysis) is 1. The largest absolute Gasteiger partial charge is 0.497 e. The van der Waals surface area contributed by atoms with E-state index in [0.29, 0.717) is 11.5 Å². The maximum absolute atomic E-state index is 12.9. The monoisotopic (exact) mass is 645 g/mol. The fraction of sp³-hybridized carbons (Fsp3) is 0.343. The molecule has 12 nitrogen and oxygen atoms in total. The Kier molecular flexibility index (Phi) is 9.85. The third-order valence-electron chi connectivity index (χ3n) is 7.82. The molecule has 3 N–H and O–H groups in total. The van der Waals surface area contributed by atoms with Gasteiger partial charge in [0.25, 0.3) is 5.56 Å². The first-order valence-corrected chi connectivity index (χ1v) is 15.1. The fourth-order valence-electron chi connectivity index (χ4n) is 5.63. The molecule has 4 aromatic rings. The Morgan fingerprint density at radius 2 is 1.43 bits per heavy atom. The molecule has 3 aromatic carbocycles. The van der Waals surface area contributed by atoms with Crippen molar-refractivity contribution in [1.82, 2.24) is 14.9 Å². The first-order valence-electron chi connectivity index (χ1n) is 15.1. The van der Waals surface area contributed by atoms with Gasteiger partial charge in [0.1, 0.15) is 41.0 Å². The normalized spacial score (nSPS) is 19.6. The number of aromatic amines is 1. The van der Waals surface area contributed by atoms with Crippen molar-refractivity contribution in [3.05, 3.63) is 129 Å². The van der Waals surface area contributed by atoms with Crippen LogP contribution in [0.25, 0.3) is 0 Å². The first-order chi connectivity index (χ1) is 22.4. The molecule has 0 bridgehead atoms. The molecule has 0 radical (unpaired) electrons. The minimum atomic E-state index is -1.36. The van der Waals surface area contributed by atoms with E-state index < -0.39 is 53.0 Å². The molecule has 1 saturated heterocycles. The third-order valence-corrected chi connectivity index (χ3v) is 7.82. The average molecular weight is 646 g/mol. The van der Waals surface area contributed by atoms with E-state index in [1.165, 1.54) is 6.20 Å². The Labute approximate surface area is 271 Å². The second-order valence-electron chi connectivity index (χ2n) is 12.1. The van der Waals surface area contributed by atoms with Gasteiger partial charge in [-0.25, -0.2) is 9.59 Å². The molecule has 0 spiro atoms. The highest BCUT2D eigenvalue weighted by molar-refractivity contribution is 5.68. The lowest BCUT2D eigenvalue weighted by Gasteiger charge is -2.37. The number of nitrogens with one attached hydrogen (secondary N) is 2. The lowest BCUT2D eigenvalue weighted by Crippen LogP contribution is -2.50. The SMILES string of the molecule is COc1ccc(C(OC[C@H]2O[C@@H](n3ccc(=O)[nH]c3=O)[C@H](NC(=O)OC(C)(C)C)[C@H]2O)(c2ccccc2)c2ccc(OC)cc2)cc1. The summed E-state index contributed by atoms with van der Waals surface area (Å²) in [5, 5.41) is 14.3. The molecule has 248 valence electrons. The second kappa shape index (κ2) is 13.8. The summed E-state index contributed by atoms with van der Waals surface area (Å²) >= 11 is 0. The summed E-state index contributed by atoms with van der Waals surface area (Å²) in [4.78, 5) is 39.7. The number of H-pyrrole nitrogens is 1. The molecule has 1 amide bonds. The molecule has 47 heavy (non-hydrogen) atoms. The highest BCUT2D eigenvalue weighted by atomic mass is 16.6. The van der Waals surface area contributed by atoms with Gasteiger partial charge in [-0.1, -0.05) is 54.6 Å². The number of rotatable bonds is 10. The van der Waals surface area contributed by atoms with Crippen molar-refractivity contribution in [3.8, 4) is 11.5 Å². The maximum Gasteiger partial charge on any atom is 0.408 e. The number of ether oxygens (including phenoxy) is 5. The summed E-state index contributed by atoms with van der Waals surface area (Å²) in [5.74, 6) is 1.32. The molecule has 2 heterocycles. The smallest absolute Gasteiger partial charge is 0.408 e. The van der Waals surface area contributed by atoms with Crippen molar-refractivity contribution in [2.75, 3.05) is 20.8 Å². The van der Waals surface area contributed by atoms with Gasteiger partial charge < -0.3 is 34.1 Å². The summed E-state index contributed by atoms with van der Waals surface area (Å²) in [5.41, 5.74) is -1.11.